The number of alkyl halides is 3. The molecule has 1 aliphatic heterocycles. The van der Waals surface area contributed by atoms with Crippen LogP contribution in [0.25, 0.3) is 0 Å². The van der Waals surface area contributed by atoms with E-state index in [0.29, 0.717) is 6.61 Å². The maximum atomic E-state index is 12.9. The molecule has 1 aromatic heterocycles. The fourth-order valence-corrected chi connectivity index (χ4v) is 2.28. The van der Waals surface area contributed by atoms with Crippen molar-refractivity contribution in [2.24, 2.45) is 11.7 Å². The standard InChI is InChI=1S/C12H15F3N2O/c1-7-3-5-18-11(7)10(16)8-6-17-4-2-9(8)12(13,14)15/h2,4,6-7,10-11H,3,5,16H2,1H3. The topological polar surface area (TPSA) is 48.1 Å². The van der Waals surface area contributed by atoms with Crippen LogP contribution in [0.4, 0.5) is 13.2 Å². The number of halogens is 3. The lowest BCUT2D eigenvalue weighted by molar-refractivity contribution is -0.138. The zero-order valence-corrected chi connectivity index (χ0v) is 9.95. The molecule has 6 heteroatoms. The van der Waals surface area contributed by atoms with E-state index in [4.69, 9.17) is 10.5 Å². The van der Waals surface area contributed by atoms with E-state index in [9.17, 15) is 13.2 Å². The highest BCUT2D eigenvalue weighted by atomic mass is 19.4. The SMILES string of the molecule is CC1CCOC1C(N)c1cnccc1C(F)(F)F. The van der Waals surface area contributed by atoms with E-state index < -0.39 is 17.8 Å². The minimum Gasteiger partial charge on any atom is -0.376 e. The van der Waals surface area contributed by atoms with Crippen molar-refractivity contribution in [3.8, 4) is 0 Å². The Balaban J connectivity index is 2.33. The average molecular weight is 260 g/mol. The molecule has 0 saturated carbocycles. The minimum absolute atomic E-state index is 0.00347. The zero-order chi connectivity index (χ0) is 13.3. The van der Waals surface area contributed by atoms with Crippen LogP contribution >= 0.6 is 0 Å². The van der Waals surface area contributed by atoms with Crippen LogP contribution in [0.2, 0.25) is 0 Å². The average Bonchev–Trinajstić information content (AvgIpc) is 2.73. The molecule has 18 heavy (non-hydrogen) atoms. The van der Waals surface area contributed by atoms with Gasteiger partial charge in [-0.2, -0.15) is 13.2 Å². The van der Waals surface area contributed by atoms with Crippen molar-refractivity contribution in [1.82, 2.24) is 4.98 Å². The summed E-state index contributed by atoms with van der Waals surface area (Å²) in [4.78, 5) is 3.74. The Kier molecular flexibility index (Phi) is 3.59. The van der Waals surface area contributed by atoms with Crippen LogP contribution in [0, 0.1) is 5.92 Å². The van der Waals surface area contributed by atoms with Crippen molar-refractivity contribution in [3.05, 3.63) is 29.6 Å². The first kappa shape index (κ1) is 13.3. The largest absolute Gasteiger partial charge is 0.416 e. The normalized spacial score (nSPS) is 26.3. The van der Waals surface area contributed by atoms with E-state index in [1.54, 1.807) is 0 Å². The van der Waals surface area contributed by atoms with E-state index in [1.807, 2.05) is 6.92 Å². The van der Waals surface area contributed by atoms with E-state index in [-0.39, 0.29) is 17.6 Å². The summed E-state index contributed by atoms with van der Waals surface area (Å²) in [6.07, 6.45) is -1.67. The first-order valence-corrected chi connectivity index (χ1v) is 5.79. The molecule has 1 aromatic rings. The molecule has 0 bridgehead atoms. The van der Waals surface area contributed by atoms with Crippen LogP contribution in [-0.4, -0.2) is 17.7 Å². The Bertz CT molecular complexity index is 422. The van der Waals surface area contributed by atoms with Crippen molar-refractivity contribution in [3.63, 3.8) is 0 Å². The molecule has 0 aromatic carbocycles. The molecule has 0 aliphatic carbocycles. The fourth-order valence-electron chi connectivity index (χ4n) is 2.28. The molecular formula is C12H15F3N2O. The number of nitrogens with two attached hydrogens (primary N) is 1. The summed E-state index contributed by atoms with van der Waals surface area (Å²) in [5.74, 6) is 0.154. The van der Waals surface area contributed by atoms with Crippen LogP contribution in [-0.2, 0) is 10.9 Å². The summed E-state index contributed by atoms with van der Waals surface area (Å²) in [6, 6.07) is 0.155. The number of hydrogen-bond acceptors (Lipinski definition) is 3. The molecule has 2 heterocycles. The summed E-state index contributed by atoms with van der Waals surface area (Å²) < 4.78 is 44.0. The van der Waals surface area contributed by atoms with E-state index in [1.165, 1.54) is 6.20 Å². The number of hydrogen-bond donors (Lipinski definition) is 1. The maximum absolute atomic E-state index is 12.9. The van der Waals surface area contributed by atoms with Crippen molar-refractivity contribution in [1.29, 1.82) is 0 Å². The summed E-state index contributed by atoms with van der Waals surface area (Å²) in [5.41, 5.74) is 5.20. The first-order chi connectivity index (χ1) is 8.41. The second kappa shape index (κ2) is 4.85. The van der Waals surface area contributed by atoms with Crippen molar-refractivity contribution in [2.45, 2.75) is 31.7 Å². The Morgan fingerprint density at radius 2 is 2.22 bits per heavy atom. The molecule has 0 radical (unpaired) electrons. The van der Waals surface area contributed by atoms with Crippen molar-refractivity contribution in [2.75, 3.05) is 6.61 Å². The Morgan fingerprint density at radius 1 is 1.50 bits per heavy atom. The van der Waals surface area contributed by atoms with Crippen LogP contribution in [0.15, 0.2) is 18.5 Å². The van der Waals surface area contributed by atoms with Crippen LogP contribution < -0.4 is 5.73 Å². The Labute approximate surface area is 103 Å². The highest BCUT2D eigenvalue weighted by Crippen LogP contribution is 2.37. The lowest BCUT2D eigenvalue weighted by Gasteiger charge is -2.25. The van der Waals surface area contributed by atoms with Gasteiger partial charge in [-0.15, -0.1) is 0 Å². The predicted molar refractivity (Wildman–Crippen MR) is 59.7 cm³/mol. The fraction of sp³-hybridized carbons (Fsp3) is 0.583. The van der Waals surface area contributed by atoms with Crippen molar-refractivity contribution >= 4 is 0 Å². The molecule has 1 saturated heterocycles. The van der Waals surface area contributed by atoms with Gasteiger partial charge in [-0.1, -0.05) is 6.92 Å². The van der Waals surface area contributed by atoms with Gasteiger partial charge in [0.15, 0.2) is 0 Å². The van der Waals surface area contributed by atoms with Crippen molar-refractivity contribution < 1.29 is 17.9 Å². The van der Waals surface area contributed by atoms with Crippen LogP contribution in [0.1, 0.15) is 30.5 Å². The monoisotopic (exact) mass is 260 g/mol. The third kappa shape index (κ3) is 2.49. The van der Waals surface area contributed by atoms with Crippen LogP contribution in [0.3, 0.4) is 0 Å². The van der Waals surface area contributed by atoms with E-state index in [0.717, 1.165) is 18.7 Å². The van der Waals surface area contributed by atoms with Gasteiger partial charge in [0, 0.05) is 24.6 Å². The third-order valence-corrected chi connectivity index (χ3v) is 3.31. The first-order valence-electron chi connectivity index (χ1n) is 5.79. The van der Waals surface area contributed by atoms with Gasteiger partial charge in [0.2, 0.25) is 0 Å². The Hall–Kier alpha value is -1.14. The molecule has 3 unspecified atom stereocenters. The number of rotatable bonds is 2. The summed E-state index contributed by atoms with van der Waals surface area (Å²) >= 11 is 0. The lowest BCUT2D eigenvalue weighted by Crippen LogP contribution is -2.31. The molecule has 1 aliphatic rings. The van der Waals surface area contributed by atoms with Gasteiger partial charge in [-0.05, 0) is 18.4 Å². The lowest BCUT2D eigenvalue weighted by atomic mass is 9.91. The number of pyridine rings is 1. The molecule has 1 fully saturated rings. The van der Waals surface area contributed by atoms with Gasteiger partial charge in [-0.3, -0.25) is 4.98 Å². The summed E-state index contributed by atoms with van der Waals surface area (Å²) in [5, 5.41) is 0. The maximum Gasteiger partial charge on any atom is 0.416 e. The molecule has 0 spiro atoms. The highest BCUT2D eigenvalue weighted by Gasteiger charge is 2.38. The highest BCUT2D eigenvalue weighted by molar-refractivity contribution is 5.30. The number of aromatic nitrogens is 1. The molecule has 3 nitrogen and oxygen atoms in total. The van der Waals surface area contributed by atoms with E-state index in [2.05, 4.69) is 4.98 Å². The molecule has 0 amide bonds. The van der Waals surface area contributed by atoms with Gasteiger partial charge < -0.3 is 10.5 Å². The third-order valence-electron chi connectivity index (χ3n) is 3.31. The molecular weight excluding hydrogens is 245 g/mol. The zero-order valence-electron chi connectivity index (χ0n) is 9.95. The van der Waals surface area contributed by atoms with E-state index >= 15 is 0 Å². The number of nitrogens with zero attached hydrogens (tertiary/aromatic N) is 1. The van der Waals surface area contributed by atoms with Crippen LogP contribution in [0.5, 0.6) is 0 Å². The van der Waals surface area contributed by atoms with Gasteiger partial charge in [-0.25, -0.2) is 0 Å². The quantitative estimate of drug-likeness (QED) is 0.888. The predicted octanol–water partition coefficient (Wildman–Crippen LogP) is 2.53. The summed E-state index contributed by atoms with van der Waals surface area (Å²) in [6.45, 7) is 2.47. The Morgan fingerprint density at radius 3 is 2.78 bits per heavy atom. The molecule has 2 rings (SSSR count). The smallest absolute Gasteiger partial charge is 0.376 e. The second-order valence-corrected chi connectivity index (χ2v) is 4.59. The number of ether oxygens (including phenoxy) is 1. The second-order valence-electron chi connectivity index (χ2n) is 4.59. The molecule has 2 N–H and O–H groups in total. The molecule has 100 valence electrons. The van der Waals surface area contributed by atoms with Gasteiger partial charge in [0.1, 0.15) is 0 Å². The van der Waals surface area contributed by atoms with Gasteiger partial charge in [0.25, 0.3) is 0 Å². The summed E-state index contributed by atoms with van der Waals surface area (Å²) in [7, 11) is 0. The van der Waals surface area contributed by atoms with Gasteiger partial charge in [0.05, 0.1) is 17.7 Å². The van der Waals surface area contributed by atoms with Gasteiger partial charge >= 0.3 is 6.18 Å². The minimum atomic E-state index is -4.42. The molecule has 3 atom stereocenters.